The number of aromatic amines is 1. The third kappa shape index (κ3) is 4.14. The summed E-state index contributed by atoms with van der Waals surface area (Å²) in [7, 11) is 0. The maximum Gasteiger partial charge on any atom is 0.355 e. The van der Waals surface area contributed by atoms with E-state index in [-0.39, 0.29) is 39.7 Å². The Labute approximate surface area is 179 Å². The van der Waals surface area contributed by atoms with Crippen LogP contribution in [0.25, 0.3) is 22.6 Å². The molecule has 0 spiro atoms. The van der Waals surface area contributed by atoms with Crippen molar-refractivity contribution >= 4 is 63.4 Å². The number of aromatic nitrogens is 1. The van der Waals surface area contributed by atoms with E-state index in [2.05, 4.69) is 4.98 Å². The van der Waals surface area contributed by atoms with Crippen LogP contribution in [0.3, 0.4) is 0 Å². The number of halogens is 2. The number of nitro benzene ring substituents is 1. The van der Waals surface area contributed by atoms with Crippen molar-refractivity contribution in [3.8, 4) is 0 Å². The maximum absolute atomic E-state index is 12.5. The SMILES string of the molecule is CCOC(=O)c1[nH]c2cc(Cl)cc(Cl)c2c1C=C(C(=O)O)c1cccc([N+](=O)[O-])c1. The number of carboxylic acid groups (broad SMARTS) is 1. The minimum absolute atomic E-state index is 0.0137. The molecule has 154 valence electrons. The van der Waals surface area contributed by atoms with Gasteiger partial charge in [-0.15, -0.1) is 0 Å². The lowest BCUT2D eigenvalue weighted by molar-refractivity contribution is -0.384. The molecule has 0 aliphatic carbocycles. The van der Waals surface area contributed by atoms with Gasteiger partial charge in [0, 0.05) is 33.6 Å². The normalized spacial score (nSPS) is 11.5. The molecule has 0 fully saturated rings. The predicted molar refractivity (Wildman–Crippen MR) is 113 cm³/mol. The smallest absolute Gasteiger partial charge is 0.355 e. The maximum atomic E-state index is 12.5. The molecule has 3 rings (SSSR count). The summed E-state index contributed by atoms with van der Waals surface area (Å²) in [6.45, 7) is 1.73. The minimum Gasteiger partial charge on any atom is -0.478 e. The van der Waals surface area contributed by atoms with E-state index in [0.29, 0.717) is 15.9 Å². The number of carbonyl (C=O) groups excluding carboxylic acids is 1. The monoisotopic (exact) mass is 448 g/mol. The second-order valence-corrected chi connectivity index (χ2v) is 6.96. The van der Waals surface area contributed by atoms with Gasteiger partial charge in [-0.3, -0.25) is 10.1 Å². The average molecular weight is 449 g/mol. The molecule has 0 bridgehead atoms. The first-order valence-corrected chi connectivity index (χ1v) is 9.36. The molecule has 2 aromatic carbocycles. The highest BCUT2D eigenvalue weighted by Crippen LogP contribution is 2.35. The van der Waals surface area contributed by atoms with Crippen LogP contribution in [0.1, 0.15) is 28.5 Å². The van der Waals surface area contributed by atoms with Crippen molar-refractivity contribution in [1.82, 2.24) is 4.98 Å². The summed E-state index contributed by atoms with van der Waals surface area (Å²) < 4.78 is 5.05. The molecule has 8 nitrogen and oxygen atoms in total. The summed E-state index contributed by atoms with van der Waals surface area (Å²) in [5, 5.41) is 21.7. The van der Waals surface area contributed by atoms with Crippen LogP contribution in [0, 0.1) is 10.1 Å². The quantitative estimate of drug-likeness (QED) is 0.231. The average Bonchev–Trinajstić information content (AvgIpc) is 3.04. The lowest BCUT2D eigenvalue weighted by Gasteiger charge is -2.06. The third-order valence-electron chi connectivity index (χ3n) is 4.22. The Morgan fingerprint density at radius 1 is 1.27 bits per heavy atom. The van der Waals surface area contributed by atoms with E-state index in [0.717, 1.165) is 6.07 Å². The number of hydrogen-bond donors (Lipinski definition) is 2. The minimum atomic E-state index is -1.34. The fourth-order valence-electron chi connectivity index (χ4n) is 2.98. The van der Waals surface area contributed by atoms with Crippen LogP contribution >= 0.6 is 23.2 Å². The van der Waals surface area contributed by atoms with Crippen LogP contribution in [0.5, 0.6) is 0 Å². The van der Waals surface area contributed by atoms with Gasteiger partial charge in [0.1, 0.15) is 5.69 Å². The molecule has 2 N–H and O–H groups in total. The number of rotatable bonds is 6. The molecule has 0 unspecified atom stereocenters. The van der Waals surface area contributed by atoms with Crippen molar-refractivity contribution in [3.63, 3.8) is 0 Å². The molecule has 1 heterocycles. The highest BCUT2D eigenvalue weighted by Gasteiger charge is 2.23. The summed E-state index contributed by atoms with van der Waals surface area (Å²) in [5.74, 6) is -2.05. The van der Waals surface area contributed by atoms with Crippen molar-refractivity contribution < 1.29 is 24.4 Å². The van der Waals surface area contributed by atoms with E-state index >= 15 is 0 Å². The van der Waals surface area contributed by atoms with E-state index in [1.54, 1.807) is 6.92 Å². The van der Waals surface area contributed by atoms with Crippen LogP contribution in [-0.4, -0.2) is 33.6 Å². The number of hydrogen-bond acceptors (Lipinski definition) is 5. The molecular weight excluding hydrogens is 435 g/mol. The summed E-state index contributed by atoms with van der Waals surface area (Å²) in [6.07, 6.45) is 1.23. The molecule has 3 aromatic rings. The number of carboxylic acids is 1. The lowest BCUT2D eigenvalue weighted by Crippen LogP contribution is -2.07. The first-order chi connectivity index (χ1) is 14.2. The Morgan fingerprint density at radius 2 is 2.00 bits per heavy atom. The molecule has 30 heavy (non-hydrogen) atoms. The summed E-state index contributed by atoms with van der Waals surface area (Å²) >= 11 is 12.3. The van der Waals surface area contributed by atoms with E-state index < -0.39 is 16.9 Å². The van der Waals surface area contributed by atoms with Crippen molar-refractivity contribution in [1.29, 1.82) is 0 Å². The Morgan fingerprint density at radius 3 is 2.63 bits per heavy atom. The number of ether oxygens (including phenoxy) is 1. The molecule has 1 aromatic heterocycles. The van der Waals surface area contributed by atoms with Crippen LogP contribution < -0.4 is 0 Å². The van der Waals surface area contributed by atoms with E-state index in [4.69, 9.17) is 27.9 Å². The first-order valence-electron chi connectivity index (χ1n) is 8.60. The Hall–Kier alpha value is -3.36. The van der Waals surface area contributed by atoms with Crippen LogP contribution in [-0.2, 0) is 9.53 Å². The lowest BCUT2D eigenvalue weighted by atomic mass is 10.0. The molecular formula is C20H14Cl2N2O6. The highest BCUT2D eigenvalue weighted by atomic mass is 35.5. The zero-order valence-corrected chi connectivity index (χ0v) is 17.0. The van der Waals surface area contributed by atoms with E-state index in [1.807, 2.05) is 0 Å². The van der Waals surface area contributed by atoms with Gasteiger partial charge in [-0.25, -0.2) is 9.59 Å². The number of nitro groups is 1. The second-order valence-electron chi connectivity index (χ2n) is 6.11. The zero-order chi connectivity index (χ0) is 22.0. The number of aliphatic carboxylic acids is 1. The fraction of sp³-hybridized carbons (Fsp3) is 0.100. The van der Waals surface area contributed by atoms with Gasteiger partial charge < -0.3 is 14.8 Å². The van der Waals surface area contributed by atoms with Gasteiger partial charge in [-0.05, 0) is 30.7 Å². The molecule has 0 aliphatic rings. The number of fused-ring (bicyclic) bond motifs is 1. The molecule has 0 saturated carbocycles. The zero-order valence-electron chi connectivity index (χ0n) is 15.4. The van der Waals surface area contributed by atoms with Gasteiger partial charge in [0.25, 0.3) is 5.69 Å². The summed E-state index contributed by atoms with van der Waals surface area (Å²) in [5.41, 5.74) is 0.121. The number of esters is 1. The van der Waals surface area contributed by atoms with Crippen LogP contribution in [0.15, 0.2) is 36.4 Å². The Balaban J connectivity index is 2.32. The standard InChI is InChI=1S/C20H14Cl2N2O6/c1-2-30-20(27)18-14(17-15(22)7-11(21)8-16(17)23-18)9-13(19(25)26)10-4-3-5-12(6-10)24(28)29/h3-9,23H,2H2,1H3,(H,25,26). The van der Waals surface area contributed by atoms with Gasteiger partial charge in [0.2, 0.25) is 0 Å². The van der Waals surface area contributed by atoms with Gasteiger partial charge in [0.15, 0.2) is 0 Å². The predicted octanol–water partition coefficient (Wildman–Crippen LogP) is 5.18. The van der Waals surface area contributed by atoms with Crippen molar-refractivity contribution in [2.75, 3.05) is 6.61 Å². The number of benzene rings is 2. The summed E-state index contributed by atoms with van der Waals surface area (Å²) in [6, 6.07) is 8.17. The van der Waals surface area contributed by atoms with Gasteiger partial charge in [0.05, 0.1) is 22.1 Å². The van der Waals surface area contributed by atoms with E-state index in [1.165, 1.54) is 36.4 Å². The molecule has 0 saturated heterocycles. The number of nitrogens with one attached hydrogen (secondary N) is 1. The molecule has 0 radical (unpaired) electrons. The largest absolute Gasteiger partial charge is 0.478 e. The Kier molecular flexibility index (Phi) is 6.09. The number of carbonyl (C=O) groups is 2. The van der Waals surface area contributed by atoms with Gasteiger partial charge >= 0.3 is 11.9 Å². The molecule has 10 heteroatoms. The Bertz CT molecular complexity index is 1220. The van der Waals surface area contributed by atoms with Crippen molar-refractivity contribution in [3.05, 3.63) is 73.4 Å². The number of nitrogens with zero attached hydrogens (tertiary/aromatic N) is 1. The molecule has 0 amide bonds. The van der Waals surface area contributed by atoms with Gasteiger partial charge in [-0.2, -0.15) is 0 Å². The van der Waals surface area contributed by atoms with Crippen molar-refractivity contribution in [2.45, 2.75) is 6.92 Å². The molecule has 0 aliphatic heterocycles. The fourth-order valence-corrected chi connectivity index (χ4v) is 3.58. The van der Waals surface area contributed by atoms with Crippen molar-refractivity contribution in [2.24, 2.45) is 0 Å². The van der Waals surface area contributed by atoms with Gasteiger partial charge in [-0.1, -0.05) is 35.3 Å². The van der Waals surface area contributed by atoms with Crippen LogP contribution in [0.4, 0.5) is 5.69 Å². The topological polar surface area (TPSA) is 123 Å². The first kappa shape index (κ1) is 21.4. The van der Waals surface area contributed by atoms with Crippen LogP contribution in [0.2, 0.25) is 10.0 Å². The number of non-ortho nitro benzene ring substituents is 1. The third-order valence-corrected chi connectivity index (χ3v) is 4.74. The van der Waals surface area contributed by atoms with E-state index in [9.17, 15) is 24.8 Å². The summed E-state index contributed by atoms with van der Waals surface area (Å²) in [4.78, 5) is 37.7. The molecule has 0 atom stereocenters. The number of H-pyrrole nitrogens is 1. The highest BCUT2D eigenvalue weighted by molar-refractivity contribution is 6.39. The second kappa shape index (κ2) is 8.56.